The highest BCUT2D eigenvalue weighted by Crippen LogP contribution is 2.54. The van der Waals surface area contributed by atoms with E-state index in [4.69, 9.17) is 7.73 Å². The van der Waals surface area contributed by atoms with Crippen LogP contribution in [0.15, 0.2) is 188 Å². The van der Waals surface area contributed by atoms with Gasteiger partial charge in [0, 0.05) is 78.2 Å². The summed E-state index contributed by atoms with van der Waals surface area (Å²) in [5.74, 6) is 0. The van der Waals surface area contributed by atoms with Crippen molar-refractivity contribution < 1.29 is 11.0 Å². The van der Waals surface area contributed by atoms with Gasteiger partial charge < -0.3 is 14.4 Å². The Morgan fingerprint density at radius 3 is 1.22 bits per heavy atom. The second-order valence-corrected chi connectivity index (χ2v) is 35.8. The summed E-state index contributed by atoms with van der Waals surface area (Å²) < 4.78 is 77.3. The maximum Gasteiger partial charge on any atom is 0.252 e. The van der Waals surface area contributed by atoms with E-state index in [1.165, 1.54) is 22.3 Å². The molecule has 0 aliphatic carbocycles. The number of rotatable bonds is 6. The third-order valence-electron chi connectivity index (χ3n) is 20.1. The van der Waals surface area contributed by atoms with Gasteiger partial charge in [-0.2, -0.15) is 0 Å². The van der Waals surface area contributed by atoms with Crippen molar-refractivity contribution in [1.82, 2.24) is 9.55 Å². The number of nitrogens with zero attached hydrogens (tertiary/aromatic N) is 4. The molecule has 2 aliphatic rings. The van der Waals surface area contributed by atoms with Gasteiger partial charge in [-0.05, 0) is 183 Å². The fraction of sp³-hybridized carbons (Fsp3) is 0.352. The summed E-state index contributed by atoms with van der Waals surface area (Å²) in [5.41, 5.74) is 22.6. The van der Waals surface area contributed by atoms with Gasteiger partial charge in [0.1, 0.15) is 0 Å². The van der Waals surface area contributed by atoms with Crippen molar-refractivity contribution in [2.45, 2.75) is 209 Å². The topological polar surface area (TPSA) is 24.3 Å². The lowest BCUT2D eigenvalue weighted by atomic mass is 9.33. The molecule has 4 nitrogen and oxygen atoms in total. The standard InChI is InChI=1S/C91H103BN4/c1-84(2,3)60-42-58(43-61(47-60)85(4,5)6)57-38-40-72-76(44-57)95(67-49-62(86(7,8)9)48-63(50-67)87(10,11)12)78-53-65(89(16,17)18)54-79-82(78)92(72)73-41-39-66(94-74-36-30-28-34-68(74)69-35-29-31-37-75(69)94)55-77(73)96(79)83-70(56-32-26-25-27-33-56)51-64(88(13,14)15)52-71(83)59-45-80(90(19,20)21)93-81(46-59)91(22,23)24/h25-55H,1-24H3/i28D,29D,30D,31D,34D,35D,36D,37D. The average Bonchev–Trinajstić information content (AvgIpc) is 0.750. The van der Waals surface area contributed by atoms with Gasteiger partial charge in [-0.15, -0.1) is 0 Å². The second-order valence-electron chi connectivity index (χ2n) is 35.8. The molecule has 0 N–H and O–H groups in total. The minimum Gasteiger partial charge on any atom is -0.311 e. The lowest BCUT2D eigenvalue weighted by Gasteiger charge is -2.46. The van der Waals surface area contributed by atoms with Crippen molar-refractivity contribution in [3.8, 4) is 39.1 Å². The molecule has 2 aromatic heterocycles. The Morgan fingerprint density at radius 1 is 0.323 bits per heavy atom. The van der Waals surface area contributed by atoms with Crippen molar-refractivity contribution in [2.24, 2.45) is 0 Å². The minimum absolute atomic E-state index is 0.0238. The molecule has 5 heteroatoms. The second kappa shape index (κ2) is 22.6. The zero-order chi connectivity index (χ0) is 76.1. The van der Waals surface area contributed by atoms with E-state index in [2.05, 4.69) is 309 Å². The number of benzene rings is 9. The van der Waals surface area contributed by atoms with Gasteiger partial charge in [-0.25, -0.2) is 0 Å². The lowest BCUT2D eigenvalue weighted by Crippen LogP contribution is -2.61. The smallest absolute Gasteiger partial charge is 0.252 e. The Kier molecular flexibility index (Phi) is 13.3. The molecule has 4 heterocycles. The van der Waals surface area contributed by atoms with Crippen LogP contribution in [0.3, 0.4) is 0 Å². The Labute approximate surface area is 587 Å². The Balaban J connectivity index is 1.28. The molecule has 0 saturated heterocycles. The summed E-state index contributed by atoms with van der Waals surface area (Å²) in [6.07, 6.45) is 0. The van der Waals surface area contributed by atoms with Crippen LogP contribution >= 0.6 is 0 Å². The van der Waals surface area contributed by atoms with E-state index >= 15 is 0 Å². The molecule has 490 valence electrons. The number of pyridine rings is 1. The molecule has 0 bridgehead atoms. The van der Waals surface area contributed by atoms with Crippen molar-refractivity contribution >= 4 is 79.0 Å². The predicted molar refractivity (Wildman–Crippen MR) is 419 cm³/mol. The van der Waals surface area contributed by atoms with E-state index in [9.17, 15) is 8.22 Å². The summed E-state index contributed by atoms with van der Waals surface area (Å²) in [4.78, 5) is 10.6. The van der Waals surface area contributed by atoms with Crippen molar-refractivity contribution in [3.63, 3.8) is 0 Å². The number of hydrogen-bond donors (Lipinski definition) is 0. The summed E-state index contributed by atoms with van der Waals surface area (Å²) in [6, 6.07) is 49.5. The zero-order valence-electron chi connectivity index (χ0n) is 69.6. The van der Waals surface area contributed by atoms with Crippen molar-refractivity contribution in [2.75, 3.05) is 9.80 Å². The minimum atomic E-state index is -0.489. The maximum atomic E-state index is 9.85. The average molecular weight is 1270 g/mol. The van der Waals surface area contributed by atoms with Crippen LogP contribution in [0.2, 0.25) is 0 Å². The first-order valence-electron chi connectivity index (χ1n) is 38.6. The van der Waals surface area contributed by atoms with Crippen molar-refractivity contribution in [3.05, 3.63) is 233 Å². The van der Waals surface area contributed by atoms with Crippen LogP contribution in [0.25, 0.3) is 60.9 Å². The van der Waals surface area contributed by atoms with E-state index in [0.29, 0.717) is 5.69 Å². The van der Waals surface area contributed by atoms with Gasteiger partial charge in [0.25, 0.3) is 6.71 Å². The molecule has 9 aromatic carbocycles. The van der Waals surface area contributed by atoms with Gasteiger partial charge in [0.15, 0.2) is 0 Å². The van der Waals surface area contributed by atoms with E-state index in [1.54, 1.807) is 4.57 Å². The van der Waals surface area contributed by atoms with E-state index in [0.717, 1.165) is 106 Å². The monoisotopic (exact) mass is 1270 g/mol. The van der Waals surface area contributed by atoms with Crippen LogP contribution in [-0.4, -0.2) is 16.3 Å². The fourth-order valence-electron chi connectivity index (χ4n) is 14.0. The molecule has 0 radical (unpaired) electrons. The quantitative estimate of drug-likeness (QED) is 0.155. The Morgan fingerprint density at radius 2 is 0.740 bits per heavy atom. The number of anilines is 6. The molecule has 0 unspecified atom stereocenters. The largest absolute Gasteiger partial charge is 0.311 e. The van der Waals surface area contributed by atoms with E-state index < -0.39 is 36.3 Å². The van der Waals surface area contributed by atoms with Crippen LogP contribution in [0.1, 0.15) is 222 Å². The first-order chi connectivity index (χ1) is 48.0. The highest BCUT2D eigenvalue weighted by atomic mass is 15.2. The molecular formula is C91H103BN4. The van der Waals surface area contributed by atoms with Gasteiger partial charge >= 0.3 is 0 Å². The van der Waals surface area contributed by atoms with E-state index in [1.807, 2.05) is 6.07 Å². The highest BCUT2D eigenvalue weighted by molar-refractivity contribution is 7.00. The first-order valence-corrected chi connectivity index (χ1v) is 34.6. The molecule has 13 rings (SSSR count). The predicted octanol–water partition coefficient (Wildman–Crippen LogP) is 23.6. The molecular weight excluding hydrogens is 1160 g/mol. The van der Waals surface area contributed by atoms with Gasteiger partial charge in [-0.3, -0.25) is 4.98 Å². The number of aromatic nitrogens is 2. The summed E-state index contributed by atoms with van der Waals surface area (Å²) in [5, 5.41) is 0.0476. The number of fused-ring (bicyclic) bond motifs is 7. The Bertz CT molecular complexity index is 5220. The number of hydrogen-bond acceptors (Lipinski definition) is 3. The van der Waals surface area contributed by atoms with Crippen LogP contribution in [0.5, 0.6) is 0 Å². The third kappa shape index (κ3) is 11.8. The zero-order valence-corrected chi connectivity index (χ0v) is 61.6. The SMILES string of the molecule is [2H]c1c([2H])c([2H])c2c(c1[2H])c1c([2H])c([2H])c([2H])c([2H])c1n2-c1ccc2c(c1)N(c1c(-c3ccccc3)cc(C(C)(C)C)cc1-c1cc(C(C)(C)C)nc(C(C)(C)C)c1)c1cc(C(C)(C)C)cc3c1B2c1ccc(-c2cc(C(C)(C)C)cc(C(C)(C)C)c2)cc1N3c1cc(C(C)(C)C)cc(C(C)(C)C)c1. The summed E-state index contributed by atoms with van der Waals surface area (Å²) in [6.45, 7) is 54.3. The highest BCUT2D eigenvalue weighted by Gasteiger charge is 2.46. The fourth-order valence-corrected chi connectivity index (χ4v) is 14.0. The van der Waals surface area contributed by atoms with Crippen molar-refractivity contribution in [1.29, 1.82) is 0 Å². The normalized spacial score (nSPS) is 15.1. The van der Waals surface area contributed by atoms with Crippen LogP contribution < -0.4 is 26.2 Å². The van der Waals surface area contributed by atoms with Crippen LogP contribution in [0.4, 0.5) is 34.1 Å². The van der Waals surface area contributed by atoms with Gasteiger partial charge in [0.2, 0.25) is 0 Å². The molecule has 0 atom stereocenters. The molecule has 2 aliphatic heterocycles. The van der Waals surface area contributed by atoms with Crippen LogP contribution in [-0.2, 0) is 43.3 Å². The van der Waals surface area contributed by atoms with Gasteiger partial charge in [0.05, 0.1) is 27.7 Å². The summed E-state index contributed by atoms with van der Waals surface area (Å²) >= 11 is 0. The lowest BCUT2D eigenvalue weighted by molar-refractivity contribution is 0.531. The van der Waals surface area contributed by atoms with Crippen LogP contribution in [0, 0.1) is 0 Å². The number of para-hydroxylation sites is 2. The molecule has 11 aromatic rings. The summed E-state index contributed by atoms with van der Waals surface area (Å²) in [7, 11) is 0. The first kappa shape index (κ1) is 56.7. The Hall–Kier alpha value is -8.41. The molecule has 0 fully saturated rings. The molecule has 96 heavy (non-hydrogen) atoms. The maximum absolute atomic E-state index is 9.85. The van der Waals surface area contributed by atoms with Gasteiger partial charge in [-0.1, -0.05) is 275 Å². The molecule has 0 saturated carbocycles. The van der Waals surface area contributed by atoms with E-state index in [-0.39, 0.29) is 83.9 Å². The molecule has 0 amide bonds. The molecule has 0 spiro atoms. The third-order valence-corrected chi connectivity index (χ3v) is 20.1.